The number of carbonyl (C=O) groups excluding carboxylic acids is 1. The minimum Gasteiger partial charge on any atom is -0.293 e. The summed E-state index contributed by atoms with van der Waals surface area (Å²) in [6.07, 6.45) is -4.27. The lowest BCUT2D eigenvalue weighted by atomic mass is 10.1. The van der Waals surface area contributed by atoms with Crippen molar-refractivity contribution in [3.8, 4) is 0 Å². The molecule has 5 heteroatoms. The fourth-order valence-corrected chi connectivity index (χ4v) is 1.32. The molecule has 1 aromatic carbocycles. The molecule has 0 aromatic heterocycles. The third kappa shape index (κ3) is 4.44. The number of halogens is 3. The summed E-state index contributed by atoms with van der Waals surface area (Å²) in [6.45, 7) is -1.31. The van der Waals surface area contributed by atoms with Gasteiger partial charge < -0.3 is 0 Å². The monoisotopic (exact) mass is 231 g/mol. The van der Waals surface area contributed by atoms with Crippen molar-refractivity contribution < 1.29 is 18.0 Å². The van der Waals surface area contributed by atoms with Crippen LogP contribution in [-0.4, -0.2) is 37.0 Å². The maximum atomic E-state index is 12.0. The van der Waals surface area contributed by atoms with Gasteiger partial charge in [0.05, 0.1) is 13.1 Å². The van der Waals surface area contributed by atoms with E-state index in [9.17, 15) is 18.0 Å². The SMILES string of the molecule is CN(CC(=O)c1ccccc1)CC(F)(F)F. The summed E-state index contributed by atoms with van der Waals surface area (Å²) in [6, 6.07) is 8.28. The van der Waals surface area contributed by atoms with Crippen LogP contribution in [0.15, 0.2) is 30.3 Å². The molecule has 0 spiro atoms. The molecule has 0 N–H and O–H groups in total. The van der Waals surface area contributed by atoms with Crippen molar-refractivity contribution in [3.05, 3.63) is 35.9 Å². The van der Waals surface area contributed by atoms with E-state index in [1.165, 1.54) is 7.05 Å². The van der Waals surface area contributed by atoms with Gasteiger partial charge in [0.1, 0.15) is 0 Å². The zero-order valence-corrected chi connectivity index (χ0v) is 8.79. The molecule has 0 fully saturated rings. The lowest BCUT2D eigenvalue weighted by Gasteiger charge is -2.17. The fraction of sp³-hybridized carbons (Fsp3) is 0.364. The van der Waals surface area contributed by atoms with Crippen molar-refractivity contribution in [2.45, 2.75) is 6.18 Å². The molecule has 0 amide bonds. The lowest BCUT2D eigenvalue weighted by molar-refractivity contribution is -0.141. The largest absolute Gasteiger partial charge is 0.401 e. The van der Waals surface area contributed by atoms with Crippen LogP contribution in [0.3, 0.4) is 0 Å². The Morgan fingerprint density at radius 3 is 2.31 bits per heavy atom. The highest BCUT2D eigenvalue weighted by atomic mass is 19.4. The highest BCUT2D eigenvalue weighted by Gasteiger charge is 2.29. The van der Waals surface area contributed by atoms with Gasteiger partial charge in [0, 0.05) is 5.56 Å². The molecule has 0 heterocycles. The van der Waals surface area contributed by atoms with Crippen LogP contribution in [0.2, 0.25) is 0 Å². The number of Topliss-reactive ketones (excluding diaryl/α,β-unsaturated/α-hetero) is 1. The molecule has 0 aliphatic rings. The van der Waals surface area contributed by atoms with Gasteiger partial charge in [0.15, 0.2) is 5.78 Å². The molecular weight excluding hydrogens is 219 g/mol. The highest BCUT2D eigenvalue weighted by Crippen LogP contribution is 2.15. The normalized spacial score (nSPS) is 11.8. The number of benzene rings is 1. The van der Waals surface area contributed by atoms with E-state index in [0.717, 1.165) is 4.90 Å². The van der Waals surface area contributed by atoms with E-state index >= 15 is 0 Å². The Labute approximate surface area is 91.7 Å². The number of hydrogen-bond acceptors (Lipinski definition) is 2. The summed E-state index contributed by atoms with van der Waals surface area (Å²) in [4.78, 5) is 12.5. The molecule has 0 radical (unpaired) electrons. The van der Waals surface area contributed by atoms with E-state index in [1.54, 1.807) is 30.3 Å². The van der Waals surface area contributed by atoms with E-state index in [1.807, 2.05) is 0 Å². The molecule has 0 bridgehead atoms. The van der Waals surface area contributed by atoms with E-state index in [-0.39, 0.29) is 12.3 Å². The number of rotatable bonds is 4. The maximum Gasteiger partial charge on any atom is 0.401 e. The van der Waals surface area contributed by atoms with Gasteiger partial charge in [-0.1, -0.05) is 30.3 Å². The molecule has 0 unspecified atom stereocenters. The summed E-state index contributed by atoms with van der Waals surface area (Å²) >= 11 is 0. The second kappa shape index (κ2) is 5.12. The molecule has 0 aliphatic carbocycles. The third-order valence-electron chi connectivity index (χ3n) is 1.96. The molecule has 0 atom stereocenters. The van der Waals surface area contributed by atoms with E-state index in [2.05, 4.69) is 0 Å². The van der Waals surface area contributed by atoms with Gasteiger partial charge in [-0.25, -0.2) is 0 Å². The number of carbonyl (C=O) groups is 1. The molecule has 0 saturated heterocycles. The Kier molecular flexibility index (Phi) is 4.06. The summed E-state index contributed by atoms with van der Waals surface area (Å²) in [7, 11) is 1.27. The molecule has 2 nitrogen and oxygen atoms in total. The van der Waals surface area contributed by atoms with E-state index in [4.69, 9.17) is 0 Å². The van der Waals surface area contributed by atoms with Crippen LogP contribution in [0.4, 0.5) is 13.2 Å². The van der Waals surface area contributed by atoms with Crippen LogP contribution < -0.4 is 0 Å². The third-order valence-corrected chi connectivity index (χ3v) is 1.96. The summed E-state index contributed by atoms with van der Waals surface area (Å²) in [5.74, 6) is -0.313. The Bertz CT molecular complexity index is 348. The number of nitrogens with zero attached hydrogens (tertiary/aromatic N) is 1. The van der Waals surface area contributed by atoms with Gasteiger partial charge in [-0.2, -0.15) is 13.2 Å². The molecule has 1 aromatic rings. The molecule has 0 saturated carbocycles. The molecule has 1 rings (SSSR count). The van der Waals surface area contributed by atoms with Crippen molar-refractivity contribution in [2.24, 2.45) is 0 Å². The second-order valence-corrected chi connectivity index (χ2v) is 3.58. The maximum absolute atomic E-state index is 12.0. The lowest BCUT2D eigenvalue weighted by Crippen LogP contribution is -2.34. The van der Waals surface area contributed by atoms with Gasteiger partial charge in [-0.3, -0.25) is 9.69 Å². The van der Waals surface area contributed by atoms with E-state index < -0.39 is 12.7 Å². The van der Waals surface area contributed by atoms with Gasteiger partial charge in [0.25, 0.3) is 0 Å². The number of alkyl halides is 3. The van der Waals surface area contributed by atoms with Crippen LogP contribution in [0.5, 0.6) is 0 Å². The van der Waals surface area contributed by atoms with Crippen molar-refractivity contribution in [3.63, 3.8) is 0 Å². The molecule has 88 valence electrons. The molecule has 16 heavy (non-hydrogen) atoms. The quantitative estimate of drug-likeness (QED) is 0.741. The van der Waals surface area contributed by atoms with Gasteiger partial charge in [-0.15, -0.1) is 0 Å². The van der Waals surface area contributed by atoms with Gasteiger partial charge in [-0.05, 0) is 7.05 Å². The summed E-state index contributed by atoms with van der Waals surface area (Å²) in [5, 5.41) is 0. The van der Waals surface area contributed by atoms with Crippen molar-refractivity contribution in [2.75, 3.05) is 20.1 Å². The first-order valence-electron chi connectivity index (χ1n) is 4.72. The first-order chi connectivity index (χ1) is 7.38. The second-order valence-electron chi connectivity index (χ2n) is 3.58. The summed E-state index contributed by atoms with van der Waals surface area (Å²) in [5.41, 5.74) is 0.427. The fourth-order valence-electron chi connectivity index (χ4n) is 1.32. The number of likely N-dealkylation sites (N-methyl/N-ethyl adjacent to an activating group) is 1. The van der Waals surface area contributed by atoms with Crippen molar-refractivity contribution in [1.29, 1.82) is 0 Å². The molecule has 0 aliphatic heterocycles. The predicted molar refractivity (Wildman–Crippen MR) is 54.3 cm³/mol. The van der Waals surface area contributed by atoms with Crippen LogP contribution in [0.1, 0.15) is 10.4 Å². The average Bonchev–Trinajstić information content (AvgIpc) is 2.16. The Balaban J connectivity index is 2.53. The Hall–Kier alpha value is -1.36. The van der Waals surface area contributed by atoms with Gasteiger partial charge >= 0.3 is 6.18 Å². The highest BCUT2D eigenvalue weighted by molar-refractivity contribution is 5.97. The topological polar surface area (TPSA) is 20.3 Å². The number of ketones is 1. The van der Waals surface area contributed by atoms with Gasteiger partial charge in [0.2, 0.25) is 0 Å². The minimum absolute atomic E-state index is 0.233. The van der Waals surface area contributed by atoms with Crippen LogP contribution in [-0.2, 0) is 0 Å². The minimum atomic E-state index is -4.27. The van der Waals surface area contributed by atoms with Crippen LogP contribution in [0.25, 0.3) is 0 Å². The van der Waals surface area contributed by atoms with E-state index in [0.29, 0.717) is 5.56 Å². The number of hydrogen-bond donors (Lipinski definition) is 0. The molecular formula is C11H12F3NO. The van der Waals surface area contributed by atoms with Crippen molar-refractivity contribution >= 4 is 5.78 Å². The Morgan fingerprint density at radius 2 is 1.81 bits per heavy atom. The standard InChI is InChI=1S/C11H12F3NO/c1-15(8-11(12,13)14)7-10(16)9-5-3-2-4-6-9/h2-6H,7-8H2,1H3. The first kappa shape index (κ1) is 12.7. The van der Waals surface area contributed by atoms with Crippen molar-refractivity contribution in [1.82, 2.24) is 4.90 Å². The average molecular weight is 231 g/mol. The summed E-state index contributed by atoms with van der Waals surface area (Å²) < 4.78 is 36.0. The Morgan fingerprint density at radius 1 is 1.25 bits per heavy atom. The van der Waals surface area contributed by atoms with Crippen LogP contribution >= 0.6 is 0 Å². The van der Waals surface area contributed by atoms with Crippen LogP contribution in [0, 0.1) is 0 Å². The zero-order valence-electron chi connectivity index (χ0n) is 8.79. The smallest absolute Gasteiger partial charge is 0.293 e. The zero-order chi connectivity index (χ0) is 12.2. The predicted octanol–water partition coefficient (Wildman–Crippen LogP) is 2.36. The first-order valence-corrected chi connectivity index (χ1v) is 4.72.